The van der Waals surface area contributed by atoms with Crippen LogP contribution in [0, 0.1) is 12.3 Å². The Balaban J connectivity index is 2.52. The third-order valence-electron chi connectivity index (χ3n) is 2.41. The van der Waals surface area contributed by atoms with E-state index in [9.17, 15) is 4.79 Å². The van der Waals surface area contributed by atoms with Gasteiger partial charge in [0.15, 0.2) is 0 Å². The lowest BCUT2D eigenvalue weighted by Crippen LogP contribution is -2.42. The minimum Gasteiger partial charge on any atom is -0.497 e. The molecule has 4 heteroatoms. The number of hydrogen-bond acceptors (Lipinski definition) is 3. The lowest BCUT2D eigenvalue weighted by Gasteiger charge is -2.19. The van der Waals surface area contributed by atoms with Crippen molar-refractivity contribution in [1.82, 2.24) is 5.32 Å². The van der Waals surface area contributed by atoms with Crippen molar-refractivity contribution >= 4 is 11.6 Å². The van der Waals surface area contributed by atoms with E-state index in [0.717, 1.165) is 0 Å². The van der Waals surface area contributed by atoms with Gasteiger partial charge in [0.2, 0.25) is 5.91 Å². The highest BCUT2D eigenvalue weighted by Gasteiger charge is 2.14. The number of nitrogens with one attached hydrogen (secondary N) is 2. The van der Waals surface area contributed by atoms with E-state index >= 15 is 0 Å². The van der Waals surface area contributed by atoms with Crippen LogP contribution in [-0.2, 0) is 4.79 Å². The van der Waals surface area contributed by atoms with Gasteiger partial charge in [0.05, 0.1) is 19.2 Å². The summed E-state index contributed by atoms with van der Waals surface area (Å²) in [6.45, 7) is 3.84. The number of anilines is 1. The second-order valence-electron chi connectivity index (χ2n) is 4.40. The summed E-state index contributed by atoms with van der Waals surface area (Å²) in [6, 6.07) is 7.18. The standard InChI is InChI=1S/C14H18N2O2/c1-5-14(2,3)15-10-13(17)16-11-7-6-8-12(9-11)18-4/h1,6-9,15H,10H2,2-4H3,(H,16,17). The van der Waals surface area contributed by atoms with E-state index in [2.05, 4.69) is 16.6 Å². The van der Waals surface area contributed by atoms with Gasteiger partial charge in [-0.1, -0.05) is 12.0 Å². The molecule has 96 valence electrons. The van der Waals surface area contributed by atoms with Crippen molar-refractivity contribution in [2.24, 2.45) is 0 Å². The maximum absolute atomic E-state index is 11.7. The predicted molar refractivity (Wildman–Crippen MR) is 72.5 cm³/mol. The van der Waals surface area contributed by atoms with Crippen molar-refractivity contribution in [3.05, 3.63) is 24.3 Å². The molecule has 1 aromatic carbocycles. The van der Waals surface area contributed by atoms with Crippen molar-refractivity contribution in [1.29, 1.82) is 0 Å². The molecule has 0 bridgehead atoms. The summed E-state index contributed by atoms with van der Waals surface area (Å²) in [5, 5.41) is 5.74. The van der Waals surface area contributed by atoms with Crippen LogP contribution in [0.25, 0.3) is 0 Å². The van der Waals surface area contributed by atoms with E-state index in [1.165, 1.54) is 0 Å². The summed E-state index contributed by atoms with van der Waals surface area (Å²) >= 11 is 0. The second-order valence-corrected chi connectivity index (χ2v) is 4.40. The average Bonchev–Trinajstić information content (AvgIpc) is 2.37. The van der Waals surface area contributed by atoms with Gasteiger partial charge in [-0.2, -0.15) is 0 Å². The Labute approximate surface area is 108 Å². The van der Waals surface area contributed by atoms with Crippen molar-refractivity contribution in [2.75, 3.05) is 19.0 Å². The Morgan fingerprint density at radius 2 is 2.22 bits per heavy atom. The number of terminal acetylenes is 1. The quantitative estimate of drug-likeness (QED) is 0.776. The third-order valence-corrected chi connectivity index (χ3v) is 2.41. The molecule has 0 aliphatic carbocycles. The van der Waals surface area contributed by atoms with Gasteiger partial charge in [-0.15, -0.1) is 6.42 Å². The molecule has 1 aromatic rings. The van der Waals surface area contributed by atoms with Crippen LogP contribution in [-0.4, -0.2) is 25.1 Å². The van der Waals surface area contributed by atoms with Crippen LogP contribution in [0.2, 0.25) is 0 Å². The zero-order valence-corrected chi connectivity index (χ0v) is 10.9. The number of benzene rings is 1. The summed E-state index contributed by atoms with van der Waals surface area (Å²) in [6.07, 6.45) is 5.32. The molecule has 1 amide bonds. The van der Waals surface area contributed by atoms with E-state index in [0.29, 0.717) is 11.4 Å². The molecule has 4 nitrogen and oxygen atoms in total. The van der Waals surface area contributed by atoms with E-state index in [1.807, 2.05) is 26.0 Å². The lowest BCUT2D eigenvalue weighted by molar-refractivity contribution is -0.115. The van der Waals surface area contributed by atoms with Crippen LogP contribution >= 0.6 is 0 Å². The number of amides is 1. The van der Waals surface area contributed by atoms with Crippen molar-refractivity contribution in [2.45, 2.75) is 19.4 Å². The van der Waals surface area contributed by atoms with Gasteiger partial charge in [0.25, 0.3) is 0 Å². The maximum Gasteiger partial charge on any atom is 0.238 e. The molecule has 0 unspecified atom stereocenters. The normalized spacial score (nSPS) is 10.6. The van der Waals surface area contributed by atoms with E-state index in [1.54, 1.807) is 19.2 Å². The Morgan fingerprint density at radius 1 is 1.50 bits per heavy atom. The minimum absolute atomic E-state index is 0.147. The number of hydrogen-bond donors (Lipinski definition) is 2. The molecule has 1 rings (SSSR count). The van der Waals surface area contributed by atoms with Crippen LogP contribution in [0.5, 0.6) is 5.75 Å². The average molecular weight is 246 g/mol. The van der Waals surface area contributed by atoms with Gasteiger partial charge < -0.3 is 10.1 Å². The third kappa shape index (κ3) is 4.48. The van der Waals surface area contributed by atoms with Crippen molar-refractivity contribution < 1.29 is 9.53 Å². The van der Waals surface area contributed by atoms with Crippen LogP contribution in [0.3, 0.4) is 0 Å². The first-order chi connectivity index (χ1) is 8.46. The Morgan fingerprint density at radius 3 is 2.83 bits per heavy atom. The predicted octanol–water partition coefficient (Wildman–Crippen LogP) is 1.64. The van der Waals surface area contributed by atoms with Crippen LogP contribution in [0.15, 0.2) is 24.3 Å². The van der Waals surface area contributed by atoms with Crippen molar-refractivity contribution in [3.63, 3.8) is 0 Å². The molecular weight excluding hydrogens is 228 g/mol. The fraction of sp³-hybridized carbons (Fsp3) is 0.357. The monoisotopic (exact) mass is 246 g/mol. The van der Waals surface area contributed by atoms with Gasteiger partial charge >= 0.3 is 0 Å². The molecule has 18 heavy (non-hydrogen) atoms. The van der Waals surface area contributed by atoms with E-state index in [4.69, 9.17) is 11.2 Å². The number of rotatable bonds is 5. The van der Waals surface area contributed by atoms with Gasteiger partial charge in [-0.25, -0.2) is 0 Å². The topological polar surface area (TPSA) is 50.4 Å². The molecule has 0 aromatic heterocycles. The number of carbonyl (C=O) groups excluding carboxylic acids is 1. The highest BCUT2D eigenvalue weighted by molar-refractivity contribution is 5.92. The van der Waals surface area contributed by atoms with Crippen LogP contribution < -0.4 is 15.4 Å². The number of carbonyl (C=O) groups is 1. The van der Waals surface area contributed by atoms with E-state index < -0.39 is 5.54 Å². The van der Waals surface area contributed by atoms with Crippen LogP contribution in [0.4, 0.5) is 5.69 Å². The molecule has 0 aliphatic rings. The smallest absolute Gasteiger partial charge is 0.238 e. The SMILES string of the molecule is C#CC(C)(C)NCC(=O)Nc1cccc(OC)c1. The molecule has 0 saturated heterocycles. The first kappa shape index (κ1) is 14.1. The summed E-state index contributed by atoms with van der Waals surface area (Å²) in [4.78, 5) is 11.7. The summed E-state index contributed by atoms with van der Waals surface area (Å²) < 4.78 is 5.07. The molecule has 0 aliphatic heterocycles. The molecule has 0 radical (unpaired) electrons. The lowest BCUT2D eigenvalue weighted by atomic mass is 10.1. The number of ether oxygens (including phenoxy) is 1. The fourth-order valence-corrected chi connectivity index (χ4v) is 1.26. The Hall–Kier alpha value is -1.99. The Bertz CT molecular complexity index is 461. The summed E-state index contributed by atoms with van der Waals surface area (Å²) in [5.74, 6) is 3.12. The maximum atomic E-state index is 11.7. The van der Waals surface area contributed by atoms with Gasteiger partial charge in [-0.3, -0.25) is 10.1 Å². The van der Waals surface area contributed by atoms with Gasteiger partial charge in [0, 0.05) is 11.8 Å². The van der Waals surface area contributed by atoms with Crippen LogP contribution in [0.1, 0.15) is 13.8 Å². The van der Waals surface area contributed by atoms with Crippen molar-refractivity contribution in [3.8, 4) is 18.1 Å². The minimum atomic E-state index is -0.494. The largest absolute Gasteiger partial charge is 0.497 e. The van der Waals surface area contributed by atoms with Gasteiger partial charge in [0.1, 0.15) is 5.75 Å². The zero-order chi connectivity index (χ0) is 13.6. The zero-order valence-electron chi connectivity index (χ0n) is 10.9. The molecule has 0 heterocycles. The van der Waals surface area contributed by atoms with Gasteiger partial charge in [-0.05, 0) is 26.0 Å². The molecular formula is C14H18N2O2. The summed E-state index contributed by atoms with van der Waals surface area (Å²) in [7, 11) is 1.58. The first-order valence-corrected chi connectivity index (χ1v) is 5.63. The molecule has 0 saturated carbocycles. The Kier molecular flexibility index (Phi) is 4.75. The fourth-order valence-electron chi connectivity index (χ4n) is 1.26. The summed E-state index contributed by atoms with van der Waals surface area (Å²) in [5.41, 5.74) is 0.200. The molecule has 0 spiro atoms. The molecule has 2 N–H and O–H groups in total. The molecule has 0 fully saturated rings. The molecule has 0 atom stereocenters. The first-order valence-electron chi connectivity index (χ1n) is 5.63. The second kappa shape index (κ2) is 6.08. The highest BCUT2D eigenvalue weighted by atomic mass is 16.5. The van der Waals surface area contributed by atoms with E-state index in [-0.39, 0.29) is 12.5 Å². The highest BCUT2D eigenvalue weighted by Crippen LogP contribution is 2.16. The number of methoxy groups -OCH3 is 1.